The molecular formula is C15H21N3O3. The minimum absolute atomic E-state index is 0.0776. The second kappa shape index (κ2) is 5.63. The van der Waals surface area contributed by atoms with Gasteiger partial charge in [-0.15, -0.1) is 0 Å². The first-order chi connectivity index (χ1) is 9.81. The van der Waals surface area contributed by atoms with Crippen LogP contribution >= 0.6 is 0 Å². The number of hydrogen-bond acceptors (Lipinski definition) is 4. The third-order valence-electron chi connectivity index (χ3n) is 3.33. The maximum atomic E-state index is 12.2. The van der Waals surface area contributed by atoms with Gasteiger partial charge in [-0.2, -0.15) is 0 Å². The summed E-state index contributed by atoms with van der Waals surface area (Å²) >= 11 is 0. The van der Waals surface area contributed by atoms with E-state index in [1.165, 1.54) is 6.92 Å². The van der Waals surface area contributed by atoms with Gasteiger partial charge in [0.15, 0.2) is 0 Å². The van der Waals surface area contributed by atoms with Crippen LogP contribution in [0.1, 0.15) is 27.7 Å². The number of benzene rings is 1. The largest absolute Gasteiger partial charge is 0.446 e. The van der Waals surface area contributed by atoms with Gasteiger partial charge in [0.25, 0.3) is 0 Å². The second-order valence-electron chi connectivity index (χ2n) is 5.53. The van der Waals surface area contributed by atoms with E-state index in [2.05, 4.69) is 0 Å². The molecule has 0 aliphatic carbocycles. The van der Waals surface area contributed by atoms with E-state index in [9.17, 15) is 9.59 Å². The van der Waals surface area contributed by atoms with Crippen molar-refractivity contribution < 1.29 is 14.3 Å². The van der Waals surface area contributed by atoms with Gasteiger partial charge in [0.2, 0.25) is 5.91 Å². The molecule has 1 aliphatic heterocycles. The molecule has 0 radical (unpaired) electrons. The number of nitrogens with two attached hydrogens (primary N) is 1. The van der Waals surface area contributed by atoms with Crippen molar-refractivity contribution in [3.8, 4) is 0 Å². The molecule has 1 aliphatic rings. The predicted molar refractivity (Wildman–Crippen MR) is 82.4 cm³/mol. The van der Waals surface area contributed by atoms with Crippen LogP contribution in [0.3, 0.4) is 0 Å². The lowest BCUT2D eigenvalue weighted by molar-refractivity contribution is -0.117. The molecule has 0 spiro atoms. The van der Waals surface area contributed by atoms with Crippen molar-refractivity contribution in [3.63, 3.8) is 0 Å². The van der Waals surface area contributed by atoms with Gasteiger partial charge in [0.05, 0.1) is 23.5 Å². The molecule has 0 fully saturated rings. The molecule has 1 aromatic rings. The zero-order valence-corrected chi connectivity index (χ0v) is 12.8. The predicted octanol–water partition coefficient (Wildman–Crippen LogP) is 2.38. The van der Waals surface area contributed by atoms with E-state index in [4.69, 9.17) is 10.5 Å². The molecule has 6 heteroatoms. The Bertz CT molecular complexity index is 571. The highest BCUT2D eigenvalue weighted by molar-refractivity contribution is 6.02. The summed E-state index contributed by atoms with van der Waals surface area (Å²) in [6.45, 7) is 7.39. The van der Waals surface area contributed by atoms with Crippen molar-refractivity contribution in [2.45, 2.75) is 39.8 Å². The number of rotatable bonds is 1. The van der Waals surface area contributed by atoms with Crippen LogP contribution in [0, 0.1) is 0 Å². The lowest BCUT2D eigenvalue weighted by Gasteiger charge is -2.40. The van der Waals surface area contributed by atoms with Gasteiger partial charge in [-0.25, -0.2) is 4.79 Å². The number of nitrogens with zero attached hydrogens (tertiary/aromatic N) is 2. The van der Waals surface area contributed by atoms with Crippen molar-refractivity contribution in [1.29, 1.82) is 0 Å². The summed E-state index contributed by atoms with van der Waals surface area (Å²) in [5.74, 6) is -0.0776. The maximum absolute atomic E-state index is 12.2. The Kier molecular flexibility index (Phi) is 4.06. The maximum Gasteiger partial charge on any atom is 0.414 e. The molecule has 6 nitrogen and oxygen atoms in total. The standard InChI is InChI=1S/C15H21N3O3/c1-9(2)21-15(20)17-8-10(3)18(11(4)19)14-7-12(16)5-6-13(14)17/h5-7,9-10H,8,16H2,1-4H3. The SMILES string of the molecule is CC(=O)N1c2cc(N)ccc2N(C(=O)OC(C)C)CC1C. The minimum Gasteiger partial charge on any atom is -0.446 e. The minimum atomic E-state index is -0.411. The van der Waals surface area contributed by atoms with Crippen molar-refractivity contribution in [3.05, 3.63) is 18.2 Å². The quantitative estimate of drug-likeness (QED) is 0.806. The number of nitrogen functional groups attached to an aromatic ring is 1. The Morgan fingerprint density at radius 2 is 2.00 bits per heavy atom. The monoisotopic (exact) mass is 291 g/mol. The average Bonchev–Trinajstić information content (AvgIpc) is 2.35. The van der Waals surface area contributed by atoms with Crippen LogP contribution < -0.4 is 15.5 Å². The molecule has 114 valence electrons. The molecule has 1 heterocycles. The van der Waals surface area contributed by atoms with Gasteiger partial charge < -0.3 is 15.4 Å². The van der Waals surface area contributed by atoms with Gasteiger partial charge in [0.1, 0.15) is 0 Å². The first kappa shape index (κ1) is 15.2. The molecule has 0 aromatic heterocycles. The van der Waals surface area contributed by atoms with Crippen LogP contribution in [-0.2, 0) is 9.53 Å². The van der Waals surface area contributed by atoms with Crippen LogP contribution in [0.4, 0.5) is 21.9 Å². The summed E-state index contributed by atoms with van der Waals surface area (Å²) in [5.41, 5.74) is 7.65. The van der Waals surface area contributed by atoms with E-state index >= 15 is 0 Å². The fourth-order valence-corrected chi connectivity index (χ4v) is 2.56. The van der Waals surface area contributed by atoms with Crippen molar-refractivity contribution >= 4 is 29.1 Å². The van der Waals surface area contributed by atoms with E-state index in [1.807, 2.05) is 6.92 Å². The van der Waals surface area contributed by atoms with Crippen LogP contribution in [0.2, 0.25) is 0 Å². The molecule has 21 heavy (non-hydrogen) atoms. The van der Waals surface area contributed by atoms with Gasteiger partial charge >= 0.3 is 6.09 Å². The molecule has 2 N–H and O–H groups in total. The highest BCUT2D eigenvalue weighted by Crippen LogP contribution is 2.37. The van der Waals surface area contributed by atoms with E-state index in [0.717, 1.165) is 0 Å². The number of hydrogen-bond donors (Lipinski definition) is 1. The molecule has 0 bridgehead atoms. The van der Waals surface area contributed by atoms with E-state index in [0.29, 0.717) is 23.6 Å². The third-order valence-corrected chi connectivity index (χ3v) is 3.33. The third kappa shape index (κ3) is 2.94. The molecule has 1 unspecified atom stereocenters. The number of carbonyl (C=O) groups excluding carboxylic acids is 2. The van der Waals surface area contributed by atoms with Crippen LogP contribution in [0.25, 0.3) is 0 Å². The average molecular weight is 291 g/mol. The lowest BCUT2D eigenvalue weighted by Crippen LogP contribution is -2.51. The Morgan fingerprint density at radius 3 is 2.57 bits per heavy atom. The van der Waals surface area contributed by atoms with Gasteiger partial charge in [0, 0.05) is 19.2 Å². The first-order valence-corrected chi connectivity index (χ1v) is 6.98. The number of carbonyl (C=O) groups is 2. The fraction of sp³-hybridized carbons (Fsp3) is 0.467. The van der Waals surface area contributed by atoms with Crippen molar-refractivity contribution in [2.24, 2.45) is 0 Å². The van der Waals surface area contributed by atoms with Gasteiger partial charge in [-0.05, 0) is 39.0 Å². The van der Waals surface area contributed by atoms with Crippen LogP contribution in [0.5, 0.6) is 0 Å². The molecular weight excluding hydrogens is 270 g/mol. The molecule has 2 amide bonds. The van der Waals surface area contributed by atoms with E-state index < -0.39 is 6.09 Å². The van der Waals surface area contributed by atoms with Crippen LogP contribution in [0.15, 0.2) is 18.2 Å². The first-order valence-electron chi connectivity index (χ1n) is 6.98. The van der Waals surface area contributed by atoms with E-state index in [-0.39, 0.29) is 18.1 Å². The van der Waals surface area contributed by atoms with E-state index in [1.54, 1.807) is 41.8 Å². The highest BCUT2D eigenvalue weighted by Gasteiger charge is 2.34. The number of fused-ring (bicyclic) bond motifs is 1. The topological polar surface area (TPSA) is 75.9 Å². The lowest BCUT2D eigenvalue weighted by atomic mass is 10.1. The second-order valence-corrected chi connectivity index (χ2v) is 5.53. The fourth-order valence-electron chi connectivity index (χ4n) is 2.56. The van der Waals surface area contributed by atoms with Crippen LogP contribution in [-0.4, -0.2) is 30.7 Å². The zero-order valence-electron chi connectivity index (χ0n) is 12.8. The summed E-state index contributed by atoms with van der Waals surface area (Å²) in [6, 6.07) is 5.02. The summed E-state index contributed by atoms with van der Waals surface area (Å²) in [4.78, 5) is 27.3. The summed E-state index contributed by atoms with van der Waals surface area (Å²) in [7, 11) is 0. The van der Waals surface area contributed by atoms with Gasteiger partial charge in [-0.1, -0.05) is 0 Å². The summed E-state index contributed by atoms with van der Waals surface area (Å²) < 4.78 is 5.27. The van der Waals surface area contributed by atoms with Crippen molar-refractivity contribution in [1.82, 2.24) is 0 Å². The Balaban J connectivity index is 2.46. The molecule has 1 aromatic carbocycles. The molecule has 2 rings (SSSR count). The van der Waals surface area contributed by atoms with Crippen molar-refractivity contribution in [2.75, 3.05) is 22.1 Å². The normalized spacial score (nSPS) is 17.7. The van der Waals surface area contributed by atoms with Gasteiger partial charge in [-0.3, -0.25) is 9.69 Å². The number of amides is 2. The Labute approximate surface area is 124 Å². The Morgan fingerprint density at radius 1 is 1.33 bits per heavy atom. The smallest absolute Gasteiger partial charge is 0.414 e. The summed E-state index contributed by atoms with van der Waals surface area (Å²) in [5, 5.41) is 0. The highest BCUT2D eigenvalue weighted by atomic mass is 16.6. The zero-order chi connectivity index (χ0) is 15.7. The molecule has 0 saturated carbocycles. The number of ether oxygens (including phenoxy) is 1. The Hall–Kier alpha value is -2.24. The molecule has 1 atom stereocenters. The number of anilines is 3. The molecule has 0 saturated heterocycles. The summed E-state index contributed by atoms with van der Waals surface area (Å²) in [6.07, 6.45) is -0.609.